The Bertz CT molecular complexity index is 1900. The molecule has 274 valence electrons. The topological polar surface area (TPSA) is 131 Å². The first-order chi connectivity index (χ1) is 24.9. The summed E-state index contributed by atoms with van der Waals surface area (Å²) in [5, 5.41) is 9.45. The lowest BCUT2D eigenvalue weighted by molar-refractivity contribution is -0.127. The van der Waals surface area contributed by atoms with Gasteiger partial charge in [0, 0.05) is 43.5 Å². The summed E-state index contributed by atoms with van der Waals surface area (Å²) < 4.78 is 39.5. The van der Waals surface area contributed by atoms with Gasteiger partial charge in [-0.2, -0.15) is 23.7 Å². The maximum Gasteiger partial charge on any atom is 0.324 e. The number of amides is 2. The molecule has 0 aliphatic carbocycles. The maximum atomic E-state index is 14.0. The van der Waals surface area contributed by atoms with Gasteiger partial charge < -0.3 is 30.3 Å². The van der Waals surface area contributed by atoms with Crippen molar-refractivity contribution in [1.82, 2.24) is 25.2 Å². The normalized spacial score (nSPS) is 15.6. The summed E-state index contributed by atoms with van der Waals surface area (Å²) in [5.74, 6) is 0.146. The summed E-state index contributed by atoms with van der Waals surface area (Å²) in [7, 11) is 0. The van der Waals surface area contributed by atoms with E-state index >= 15 is 0 Å². The van der Waals surface area contributed by atoms with Crippen molar-refractivity contribution in [3.8, 4) is 11.8 Å². The number of carbonyl (C=O) groups excluding carboxylic acids is 2. The van der Waals surface area contributed by atoms with Gasteiger partial charge in [-0.3, -0.25) is 9.59 Å². The molecule has 6 bridgehead atoms. The van der Waals surface area contributed by atoms with Gasteiger partial charge in [0.1, 0.15) is 5.75 Å². The molecule has 4 aliphatic rings. The van der Waals surface area contributed by atoms with E-state index in [1.807, 2.05) is 50.2 Å². The van der Waals surface area contributed by atoms with E-state index in [0.29, 0.717) is 54.7 Å². The van der Waals surface area contributed by atoms with Crippen LogP contribution in [0.15, 0.2) is 78.9 Å². The SMILES string of the molecule is C=IC(F)(F)COc1nc2nc(n1)Nc1ccc(cc1)C(=O)NCC(C)(C)CN(C(=O)/C=C/c1ccccc1)CCCOc1ccc(cc1Cl)CN2. The number of aromatic nitrogens is 3. The summed E-state index contributed by atoms with van der Waals surface area (Å²) in [6, 6.07) is 21.2. The largest absolute Gasteiger partial charge is 0.492 e. The van der Waals surface area contributed by atoms with E-state index in [4.69, 9.17) is 21.1 Å². The van der Waals surface area contributed by atoms with Gasteiger partial charge in [-0.05, 0) is 86.2 Å². The molecule has 52 heavy (non-hydrogen) atoms. The van der Waals surface area contributed by atoms with Crippen molar-refractivity contribution in [2.24, 2.45) is 5.41 Å². The molecule has 0 fully saturated rings. The zero-order valence-electron chi connectivity index (χ0n) is 28.7. The molecule has 0 unspecified atom stereocenters. The highest BCUT2D eigenvalue weighted by atomic mass is 127. The zero-order valence-corrected chi connectivity index (χ0v) is 31.6. The fourth-order valence-electron chi connectivity index (χ4n) is 5.06. The van der Waals surface area contributed by atoms with E-state index in [1.165, 1.54) is 0 Å². The number of hydrogen-bond donors (Lipinski definition) is 3. The number of halogens is 4. The molecule has 0 atom stereocenters. The van der Waals surface area contributed by atoms with Crippen LogP contribution in [0.1, 0.15) is 41.8 Å². The predicted octanol–water partition coefficient (Wildman–Crippen LogP) is 7.34. The zero-order chi connectivity index (χ0) is 37.1. The first-order valence-electron chi connectivity index (χ1n) is 16.4. The van der Waals surface area contributed by atoms with Crippen molar-refractivity contribution in [3.05, 3.63) is 101 Å². The Labute approximate surface area is 315 Å². The molecule has 8 rings (SSSR count). The van der Waals surface area contributed by atoms with Gasteiger partial charge in [0.25, 0.3) is 5.91 Å². The summed E-state index contributed by atoms with van der Waals surface area (Å²) in [6.07, 6.45) is 3.88. The summed E-state index contributed by atoms with van der Waals surface area (Å²) >= 11 is 4.92. The summed E-state index contributed by atoms with van der Waals surface area (Å²) in [5.41, 5.74) is 2.15. The van der Waals surface area contributed by atoms with Crippen LogP contribution in [0.25, 0.3) is 6.08 Å². The second-order valence-corrected chi connectivity index (χ2v) is 15.4. The Hall–Kier alpha value is -4.70. The number of hydrogen-bond acceptors (Lipinski definition) is 9. The fraction of sp³-hybridized carbons (Fsp3) is 0.297. The average Bonchev–Trinajstić information content (AvgIpc) is 3.13. The molecular formula is C37H39ClF2IN7O4. The van der Waals surface area contributed by atoms with Gasteiger partial charge in [-0.1, -0.05) is 66.4 Å². The predicted molar refractivity (Wildman–Crippen MR) is 208 cm³/mol. The van der Waals surface area contributed by atoms with E-state index in [2.05, 4.69) is 35.4 Å². The third-order valence-corrected chi connectivity index (χ3v) is 9.45. The number of anilines is 3. The number of ether oxygens (including phenoxy) is 2. The third kappa shape index (κ3) is 11.7. The highest BCUT2D eigenvalue weighted by molar-refractivity contribution is 14.2. The molecule has 4 aliphatic heterocycles. The highest BCUT2D eigenvalue weighted by Gasteiger charge is 2.28. The fourth-order valence-corrected chi connectivity index (χ4v) is 5.70. The molecule has 4 aromatic rings. The van der Waals surface area contributed by atoms with Crippen molar-refractivity contribution >= 4 is 72.3 Å². The number of rotatable bonds is 6. The van der Waals surface area contributed by atoms with E-state index in [9.17, 15) is 18.4 Å². The van der Waals surface area contributed by atoms with Crippen LogP contribution < -0.4 is 25.4 Å². The van der Waals surface area contributed by atoms with Gasteiger partial charge in [0.05, 0.1) is 11.6 Å². The highest BCUT2D eigenvalue weighted by Crippen LogP contribution is 2.29. The Morgan fingerprint density at radius 1 is 1.08 bits per heavy atom. The monoisotopic (exact) mass is 845 g/mol. The first-order valence-corrected chi connectivity index (χ1v) is 19.3. The minimum atomic E-state index is -3.06. The molecule has 0 saturated heterocycles. The molecular weight excluding hydrogens is 807 g/mol. The van der Waals surface area contributed by atoms with Gasteiger partial charge >= 0.3 is 9.94 Å². The maximum absolute atomic E-state index is 14.0. The molecule has 5 heterocycles. The number of nitrogens with zero attached hydrogens (tertiary/aromatic N) is 4. The molecule has 0 radical (unpaired) electrons. The third-order valence-electron chi connectivity index (χ3n) is 7.73. The van der Waals surface area contributed by atoms with Crippen molar-refractivity contribution in [2.75, 3.05) is 43.5 Å². The Balaban J connectivity index is 1.38. The average molecular weight is 846 g/mol. The van der Waals surface area contributed by atoms with E-state index in [-0.39, 0.29) is 36.3 Å². The molecule has 15 heteroatoms. The van der Waals surface area contributed by atoms with Crippen LogP contribution in [-0.4, -0.2) is 73.0 Å². The van der Waals surface area contributed by atoms with E-state index in [0.717, 1.165) is 11.1 Å². The van der Waals surface area contributed by atoms with Crippen molar-refractivity contribution in [3.63, 3.8) is 0 Å². The van der Waals surface area contributed by atoms with Gasteiger partial charge in [0.2, 0.25) is 17.8 Å². The van der Waals surface area contributed by atoms with Gasteiger partial charge in [0.15, 0.2) is 6.61 Å². The quantitative estimate of drug-likeness (QED) is 0.104. The Morgan fingerprint density at radius 3 is 2.56 bits per heavy atom. The molecule has 0 saturated carbocycles. The number of carbonyl (C=O) groups is 2. The lowest BCUT2D eigenvalue weighted by atomic mass is 9.92. The van der Waals surface area contributed by atoms with Crippen LogP contribution in [0.5, 0.6) is 11.8 Å². The number of nitrogens with one attached hydrogen (secondary N) is 3. The number of benzene rings is 3. The molecule has 1 aromatic heterocycles. The summed E-state index contributed by atoms with van der Waals surface area (Å²) in [6.45, 7) is 4.69. The molecule has 0 spiro atoms. The first kappa shape index (κ1) is 38.5. The minimum absolute atomic E-state index is 0.0352. The minimum Gasteiger partial charge on any atom is -0.492 e. The van der Waals surface area contributed by atoms with Crippen LogP contribution in [0, 0.1) is 5.41 Å². The van der Waals surface area contributed by atoms with Crippen LogP contribution in [-0.2, 0) is 11.3 Å². The molecule has 3 aromatic carbocycles. The Kier molecular flexibility index (Phi) is 13.1. The standard InChI is InChI=1S/C37H39ClF2IN7O4/c1-36(2)22-43-32(50)27-12-14-28(15-13-27)44-34-45-33(46-35(47-34)52-24-37(39,40)41-3)42-21-26-10-16-30(29(38)20-26)51-19-7-18-48(23-36)31(49)17-11-25-8-5-4-6-9-25/h4-6,8-17,20H,3,7,18-19,21-24H2,1-2H3,(H,43,50)(H2,42,44,45,46,47)/b17-11+. The smallest absolute Gasteiger partial charge is 0.324 e. The van der Waals surface area contributed by atoms with Gasteiger partial charge in [-0.25, -0.2) is 0 Å². The van der Waals surface area contributed by atoms with E-state index in [1.54, 1.807) is 53.5 Å². The lowest BCUT2D eigenvalue weighted by Gasteiger charge is -2.32. The second kappa shape index (κ2) is 17.7. The van der Waals surface area contributed by atoms with Crippen LogP contribution in [0.3, 0.4) is 0 Å². The van der Waals surface area contributed by atoms with Crippen LogP contribution in [0.4, 0.5) is 26.4 Å². The van der Waals surface area contributed by atoms with Crippen molar-refractivity contribution in [1.29, 1.82) is 0 Å². The van der Waals surface area contributed by atoms with Crippen LogP contribution >= 0.6 is 32.3 Å². The van der Waals surface area contributed by atoms with E-state index < -0.39 is 36.7 Å². The molecule has 11 nitrogen and oxygen atoms in total. The second-order valence-electron chi connectivity index (χ2n) is 12.7. The lowest BCUT2D eigenvalue weighted by Crippen LogP contribution is -2.44. The van der Waals surface area contributed by atoms with Crippen molar-refractivity contribution in [2.45, 2.75) is 30.7 Å². The summed E-state index contributed by atoms with van der Waals surface area (Å²) in [4.78, 5) is 41.1. The van der Waals surface area contributed by atoms with Gasteiger partial charge in [-0.15, -0.1) is 0 Å². The molecule has 2 amide bonds. The molecule has 3 N–H and O–H groups in total. The van der Waals surface area contributed by atoms with Crippen LogP contribution in [0.2, 0.25) is 5.02 Å². The Morgan fingerprint density at radius 2 is 1.83 bits per heavy atom. The van der Waals surface area contributed by atoms with Crippen molar-refractivity contribution < 1.29 is 27.8 Å². The number of alkyl halides is 3.